The van der Waals surface area contributed by atoms with E-state index in [0.29, 0.717) is 6.54 Å². The highest BCUT2D eigenvalue weighted by atomic mass is 16.5. The molecule has 0 fully saturated rings. The standard InChI is InChI=1S/C11H18N2O2/c1-15-10-4-6-12-7-9-13-8-3-2-5-11(13)14/h2-3,5,8,12H,4,6-7,9-10H2,1H3. The van der Waals surface area contributed by atoms with Crippen LogP contribution in [0.15, 0.2) is 29.2 Å². The average molecular weight is 210 g/mol. The minimum absolute atomic E-state index is 0.0520. The van der Waals surface area contributed by atoms with Gasteiger partial charge in [-0.3, -0.25) is 4.79 Å². The van der Waals surface area contributed by atoms with Crippen LogP contribution in [-0.4, -0.2) is 31.4 Å². The number of nitrogens with zero attached hydrogens (tertiary/aromatic N) is 1. The smallest absolute Gasteiger partial charge is 0.250 e. The average Bonchev–Trinajstić information content (AvgIpc) is 2.25. The summed E-state index contributed by atoms with van der Waals surface area (Å²) in [5.74, 6) is 0. The summed E-state index contributed by atoms with van der Waals surface area (Å²) in [6, 6.07) is 5.20. The van der Waals surface area contributed by atoms with Gasteiger partial charge in [0.25, 0.3) is 5.56 Å². The summed E-state index contributed by atoms with van der Waals surface area (Å²) in [6.07, 6.45) is 2.80. The molecule has 4 heteroatoms. The van der Waals surface area contributed by atoms with E-state index in [-0.39, 0.29) is 5.56 Å². The summed E-state index contributed by atoms with van der Waals surface area (Å²) in [5.41, 5.74) is 0.0520. The minimum atomic E-state index is 0.0520. The van der Waals surface area contributed by atoms with E-state index >= 15 is 0 Å². The Kier molecular flexibility index (Phi) is 5.73. The molecule has 0 aliphatic heterocycles. The molecule has 1 heterocycles. The van der Waals surface area contributed by atoms with Crippen LogP contribution in [0.4, 0.5) is 0 Å². The van der Waals surface area contributed by atoms with Gasteiger partial charge in [0.1, 0.15) is 0 Å². The first kappa shape index (κ1) is 11.9. The van der Waals surface area contributed by atoms with Crippen LogP contribution in [0.25, 0.3) is 0 Å². The normalized spacial score (nSPS) is 10.5. The van der Waals surface area contributed by atoms with Crippen LogP contribution in [-0.2, 0) is 11.3 Å². The van der Waals surface area contributed by atoms with E-state index in [4.69, 9.17) is 4.74 Å². The van der Waals surface area contributed by atoms with Crippen LogP contribution < -0.4 is 10.9 Å². The van der Waals surface area contributed by atoms with Crippen LogP contribution in [0.3, 0.4) is 0 Å². The second-order valence-corrected chi connectivity index (χ2v) is 3.33. The third-order valence-corrected chi connectivity index (χ3v) is 2.13. The van der Waals surface area contributed by atoms with E-state index in [1.807, 2.05) is 6.07 Å². The molecule has 84 valence electrons. The Morgan fingerprint density at radius 2 is 2.27 bits per heavy atom. The van der Waals surface area contributed by atoms with Crippen molar-refractivity contribution in [2.45, 2.75) is 13.0 Å². The highest BCUT2D eigenvalue weighted by molar-refractivity contribution is 4.93. The van der Waals surface area contributed by atoms with Gasteiger partial charge in [-0.1, -0.05) is 6.07 Å². The van der Waals surface area contributed by atoms with Crippen molar-refractivity contribution in [2.75, 3.05) is 26.8 Å². The predicted octanol–water partition coefficient (Wildman–Crippen LogP) is 0.474. The summed E-state index contributed by atoms with van der Waals surface area (Å²) >= 11 is 0. The maximum atomic E-state index is 11.3. The number of ether oxygens (including phenoxy) is 1. The van der Waals surface area contributed by atoms with E-state index in [1.54, 1.807) is 30.0 Å². The Labute approximate surface area is 89.9 Å². The molecule has 0 saturated heterocycles. The van der Waals surface area contributed by atoms with Crippen LogP contribution in [0.1, 0.15) is 6.42 Å². The Bertz CT molecular complexity index is 322. The van der Waals surface area contributed by atoms with Crippen LogP contribution in [0, 0.1) is 0 Å². The van der Waals surface area contributed by atoms with Crippen molar-refractivity contribution in [2.24, 2.45) is 0 Å². The van der Waals surface area contributed by atoms with Crippen molar-refractivity contribution >= 4 is 0 Å². The van der Waals surface area contributed by atoms with Crippen molar-refractivity contribution in [3.63, 3.8) is 0 Å². The lowest BCUT2D eigenvalue weighted by molar-refractivity contribution is 0.194. The zero-order valence-electron chi connectivity index (χ0n) is 9.11. The zero-order valence-corrected chi connectivity index (χ0v) is 9.11. The molecule has 0 bridgehead atoms. The maximum Gasteiger partial charge on any atom is 0.250 e. The first-order valence-corrected chi connectivity index (χ1v) is 5.19. The molecule has 0 amide bonds. The molecule has 15 heavy (non-hydrogen) atoms. The van der Waals surface area contributed by atoms with Gasteiger partial charge in [-0.15, -0.1) is 0 Å². The van der Waals surface area contributed by atoms with Gasteiger partial charge in [0.15, 0.2) is 0 Å². The van der Waals surface area contributed by atoms with Crippen molar-refractivity contribution in [1.29, 1.82) is 0 Å². The molecular formula is C11H18N2O2. The second-order valence-electron chi connectivity index (χ2n) is 3.33. The maximum absolute atomic E-state index is 11.3. The second kappa shape index (κ2) is 7.20. The highest BCUT2D eigenvalue weighted by Crippen LogP contribution is 1.82. The van der Waals surface area contributed by atoms with Crippen molar-refractivity contribution in [3.8, 4) is 0 Å². The molecular weight excluding hydrogens is 192 g/mol. The minimum Gasteiger partial charge on any atom is -0.385 e. The van der Waals surface area contributed by atoms with E-state index in [0.717, 1.165) is 26.1 Å². The van der Waals surface area contributed by atoms with Crippen molar-refractivity contribution in [1.82, 2.24) is 9.88 Å². The third kappa shape index (κ3) is 4.76. The molecule has 1 aromatic rings. The fraction of sp³-hybridized carbons (Fsp3) is 0.545. The van der Waals surface area contributed by atoms with Crippen LogP contribution in [0.5, 0.6) is 0 Å². The Hall–Kier alpha value is -1.13. The quantitative estimate of drug-likeness (QED) is 0.665. The molecule has 0 spiro atoms. The van der Waals surface area contributed by atoms with Gasteiger partial charge < -0.3 is 14.6 Å². The number of hydrogen-bond acceptors (Lipinski definition) is 3. The monoisotopic (exact) mass is 210 g/mol. The number of pyridine rings is 1. The Morgan fingerprint density at radius 1 is 1.40 bits per heavy atom. The fourth-order valence-electron chi connectivity index (χ4n) is 1.31. The van der Waals surface area contributed by atoms with Gasteiger partial charge in [-0.2, -0.15) is 0 Å². The molecule has 0 aliphatic carbocycles. The van der Waals surface area contributed by atoms with Crippen LogP contribution in [0.2, 0.25) is 0 Å². The largest absolute Gasteiger partial charge is 0.385 e. The number of aromatic nitrogens is 1. The number of hydrogen-bond donors (Lipinski definition) is 1. The summed E-state index contributed by atoms with van der Waals surface area (Å²) < 4.78 is 6.63. The number of methoxy groups -OCH3 is 1. The lowest BCUT2D eigenvalue weighted by atomic mass is 10.4. The van der Waals surface area contributed by atoms with E-state index < -0.39 is 0 Å². The lowest BCUT2D eigenvalue weighted by Crippen LogP contribution is -2.26. The Morgan fingerprint density at radius 3 is 3.00 bits per heavy atom. The number of nitrogens with one attached hydrogen (secondary N) is 1. The topological polar surface area (TPSA) is 43.3 Å². The van der Waals surface area contributed by atoms with Gasteiger partial charge in [-0.05, 0) is 19.0 Å². The van der Waals surface area contributed by atoms with Crippen molar-refractivity contribution < 1.29 is 4.74 Å². The first-order chi connectivity index (χ1) is 7.34. The summed E-state index contributed by atoms with van der Waals surface area (Å²) in [4.78, 5) is 11.3. The zero-order chi connectivity index (χ0) is 10.9. The Balaban J connectivity index is 2.15. The van der Waals surface area contributed by atoms with Crippen LogP contribution >= 0.6 is 0 Å². The summed E-state index contributed by atoms with van der Waals surface area (Å²) in [5, 5.41) is 3.26. The molecule has 0 radical (unpaired) electrons. The van der Waals surface area contributed by atoms with Gasteiger partial charge >= 0.3 is 0 Å². The van der Waals surface area contributed by atoms with E-state index in [1.165, 1.54) is 0 Å². The molecule has 0 unspecified atom stereocenters. The molecule has 0 aromatic carbocycles. The first-order valence-electron chi connectivity index (χ1n) is 5.19. The van der Waals surface area contributed by atoms with E-state index in [2.05, 4.69) is 5.32 Å². The summed E-state index contributed by atoms with van der Waals surface area (Å²) in [7, 11) is 1.70. The number of rotatable bonds is 7. The molecule has 0 atom stereocenters. The van der Waals surface area contributed by atoms with Gasteiger partial charge in [0, 0.05) is 39.1 Å². The van der Waals surface area contributed by atoms with Gasteiger partial charge in [0.05, 0.1) is 0 Å². The SMILES string of the molecule is COCCCNCCn1ccccc1=O. The van der Waals surface area contributed by atoms with Gasteiger partial charge in [-0.25, -0.2) is 0 Å². The molecule has 1 rings (SSSR count). The molecule has 0 saturated carbocycles. The third-order valence-electron chi connectivity index (χ3n) is 2.13. The van der Waals surface area contributed by atoms with Crippen molar-refractivity contribution in [3.05, 3.63) is 34.7 Å². The summed E-state index contributed by atoms with van der Waals surface area (Å²) in [6.45, 7) is 3.23. The van der Waals surface area contributed by atoms with E-state index in [9.17, 15) is 4.79 Å². The lowest BCUT2D eigenvalue weighted by Gasteiger charge is -2.06. The fourth-order valence-corrected chi connectivity index (χ4v) is 1.31. The highest BCUT2D eigenvalue weighted by Gasteiger charge is 1.92. The predicted molar refractivity (Wildman–Crippen MR) is 60.1 cm³/mol. The molecule has 1 N–H and O–H groups in total. The molecule has 1 aromatic heterocycles. The molecule has 0 aliphatic rings. The van der Waals surface area contributed by atoms with Gasteiger partial charge in [0.2, 0.25) is 0 Å². The molecule has 4 nitrogen and oxygen atoms in total.